The second-order valence-corrected chi connectivity index (χ2v) is 6.01. The first-order chi connectivity index (χ1) is 11.7. The van der Waals surface area contributed by atoms with Gasteiger partial charge in [0.1, 0.15) is 6.10 Å². The minimum Gasteiger partial charge on any atom is -0.472 e. The SMILES string of the molecule is CCC(=O)N1CCC(Oc2ccc(C(=O)N3CCOCC3)cn2)C1. The number of carbonyl (C=O) groups excluding carboxylic acids is 2. The van der Waals surface area contributed by atoms with E-state index in [0.717, 1.165) is 13.0 Å². The molecule has 7 nitrogen and oxygen atoms in total. The molecule has 2 amide bonds. The average molecular weight is 333 g/mol. The molecule has 3 rings (SSSR count). The van der Waals surface area contributed by atoms with Gasteiger partial charge in [-0.15, -0.1) is 0 Å². The summed E-state index contributed by atoms with van der Waals surface area (Å²) in [6.45, 7) is 5.57. The van der Waals surface area contributed by atoms with Crippen molar-refractivity contribution >= 4 is 11.8 Å². The molecule has 2 aliphatic rings. The third-order valence-electron chi connectivity index (χ3n) is 4.37. The number of ether oxygens (including phenoxy) is 2. The molecule has 1 unspecified atom stereocenters. The maximum absolute atomic E-state index is 12.4. The molecule has 24 heavy (non-hydrogen) atoms. The van der Waals surface area contributed by atoms with E-state index < -0.39 is 0 Å². The van der Waals surface area contributed by atoms with E-state index in [9.17, 15) is 9.59 Å². The Hall–Kier alpha value is -2.15. The van der Waals surface area contributed by atoms with Crippen molar-refractivity contribution < 1.29 is 19.1 Å². The van der Waals surface area contributed by atoms with E-state index in [1.165, 1.54) is 0 Å². The molecule has 0 N–H and O–H groups in total. The van der Waals surface area contributed by atoms with Crippen molar-refractivity contribution in [3.05, 3.63) is 23.9 Å². The van der Waals surface area contributed by atoms with E-state index in [4.69, 9.17) is 9.47 Å². The first-order valence-corrected chi connectivity index (χ1v) is 8.45. The summed E-state index contributed by atoms with van der Waals surface area (Å²) in [6.07, 6.45) is 2.84. The highest BCUT2D eigenvalue weighted by Gasteiger charge is 2.27. The second-order valence-electron chi connectivity index (χ2n) is 6.01. The van der Waals surface area contributed by atoms with Gasteiger partial charge in [0.05, 0.1) is 25.3 Å². The van der Waals surface area contributed by atoms with Crippen LogP contribution in [0, 0.1) is 0 Å². The number of carbonyl (C=O) groups is 2. The quantitative estimate of drug-likeness (QED) is 0.820. The minimum atomic E-state index is -0.0335. The molecular formula is C17H23N3O4. The Labute approximate surface area is 141 Å². The smallest absolute Gasteiger partial charge is 0.255 e. The molecule has 0 saturated carbocycles. The third-order valence-corrected chi connectivity index (χ3v) is 4.37. The molecule has 0 bridgehead atoms. The van der Waals surface area contributed by atoms with Crippen molar-refractivity contribution in [2.75, 3.05) is 39.4 Å². The molecule has 2 fully saturated rings. The summed E-state index contributed by atoms with van der Waals surface area (Å²) in [6, 6.07) is 3.46. The largest absolute Gasteiger partial charge is 0.472 e. The fraction of sp³-hybridized carbons (Fsp3) is 0.588. The number of hydrogen-bond acceptors (Lipinski definition) is 5. The van der Waals surface area contributed by atoms with Gasteiger partial charge in [0.25, 0.3) is 5.91 Å². The molecule has 2 saturated heterocycles. The van der Waals surface area contributed by atoms with Crippen LogP contribution in [0.25, 0.3) is 0 Å². The van der Waals surface area contributed by atoms with Crippen molar-refractivity contribution in [1.29, 1.82) is 0 Å². The maximum Gasteiger partial charge on any atom is 0.255 e. The number of rotatable bonds is 4. The highest BCUT2D eigenvalue weighted by molar-refractivity contribution is 5.94. The van der Waals surface area contributed by atoms with Crippen LogP contribution in [0.1, 0.15) is 30.1 Å². The van der Waals surface area contributed by atoms with Crippen molar-refractivity contribution in [2.24, 2.45) is 0 Å². The standard InChI is InChI=1S/C17H23N3O4/c1-2-16(21)20-6-5-14(12-20)24-15-4-3-13(11-18-15)17(22)19-7-9-23-10-8-19/h3-4,11,14H,2,5-10,12H2,1H3. The Morgan fingerprint density at radius 2 is 2.04 bits per heavy atom. The molecule has 1 atom stereocenters. The van der Waals surface area contributed by atoms with Crippen molar-refractivity contribution in [3.8, 4) is 5.88 Å². The highest BCUT2D eigenvalue weighted by atomic mass is 16.5. The lowest BCUT2D eigenvalue weighted by molar-refractivity contribution is -0.130. The second kappa shape index (κ2) is 7.61. The van der Waals surface area contributed by atoms with Gasteiger partial charge in [-0.3, -0.25) is 9.59 Å². The summed E-state index contributed by atoms with van der Waals surface area (Å²) in [5.74, 6) is 0.614. The maximum atomic E-state index is 12.4. The topological polar surface area (TPSA) is 72.0 Å². The normalized spacial score (nSPS) is 21.0. The predicted molar refractivity (Wildman–Crippen MR) is 86.9 cm³/mol. The molecule has 0 aromatic carbocycles. The zero-order valence-corrected chi connectivity index (χ0v) is 13.9. The molecule has 130 valence electrons. The molecule has 3 heterocycles. The van der Waals surface area contributed by atoms with Gasteiger partial charge in [-0.25, -0.2) is 4.98 Å². The van der Waals surface area contributed by atoms with Gasteiger partial charge in [0, 0.05) is 44.7 Å². The van der Waals surface area contributed by atoms with Crippen LogP contribution in [-0.4, -0.2) is 72.1 Å². The first kappa shape index (κ1) is 16.7. The third kappa shape index (κ3) is 3.84. The van der Waals surface area contributed by atoms with Crippen LogP contribution >= 0.6 is 0 Å². The fourth-order valence-corrected chi connectivity index (χ4v) is 2.97. The van der Waals surface area contributed by atoms with E-state index in [1.807, 2.05) is 11.8 Å². The first-order valence-electron chi connectivity index (χ1n) is 8.45. The fourth-order valence-electron chi connectivity index (χ4n) is 2.97. The van der Waals surface area contributed by atoms with Crippen molar-refractivity contribution in [2.45, 2.75) is 25.9 Å². The lowest BCUT2D eigenvalue weighted by atomic mass is 10.2. The summed E-state index contributed by atoms with van der Waals surface area (Å²) in [5.41, 5.74) is 0.554. The molecule has 1 aromatic rings. The summed E-state index contributed by atoms with van der Waals surface area (Å²) in [5, 5.41) is 0. The van der Waals surface area contributed by atoms with E-state index in [1.54, 1.807) is 23.2 Å². The zero-order chi connectivity index (χ0) is 16.9. The van der Waals surface area contributed by atoms with Gasteiger partial charge < -0.3 is 19.3 Å². The summed E-state index contributed by atoms with van der Waals surface area (Å²) in [4.78, 5) is 31.9. The molecule has 0 radical (unpaired) electrons. The van der Waals surface area contributed by atoms with Crippen LogP contribution in [0.3, 0.4) is 0 Å². The van der Waals surface area contributed by atoms with E-state index in [2.05, 4.69) is 4.98 Å². The van der Waals surface area contributed by atoms with Crippen molar-refractivity contribution in [1.82, 2.24) is 14.8 Å². The van der Waals surface area contributed by atoms with Gasteiger partial charge >= 0.3 is 0 Å². The van der Waals surface area contributed by atoms with Crippen LogP contribution < -0.4 is 4.74 Å². The minimum absolute atomic E-state index is 0.0297. The Morgan fingerprint density at radius 3 is 2.71 bits per heavy atom. The lowest BCUT2D eigenvalue weighted by Gasteiger charge is -2.26. The molecule has 7 heteroatoms. The average Bonchev–Trinajstić information content (AvgIpc) is 3.10. The Balaban J connectivity index is 1.55. The lowest BCUT2D eigenvalue weighted by Crippen LogP contribution is -2.40. The van der Waals surface area contributed by atoms with E-state index >= 15 is 0 Å². The number of likely N-dealkylation sites (tertiary alicyclic amines) is 1. The van der Waals surface area contributed by atoms with E-state index in [0.29, 0.717) is 50.7 Å². The summed E-state index contributed by atoms with van der Waals surface area (Å²) < 4.78 is 11.1. The van der Waals surface area contributed by atoms with Crippen LogP contribution in [0.15, 0.2) is 18.3 Å². The van der Waals surface area contributed by atoms with Gasteiger partial charge in [-0.05, 0) is 6.07 Å². The summed E-state index contributed by atoms with van der Waals surface area (Å²) in [7, 11) is 0. The van der Waals surface area contributed by atoms with Crippen molar-refractivity contribution in [3.63, 3.8) is 0 Å². The molecule has 1 aromatic heterocycles. The van der Waals surface area contributed by atoms with Gasteiger partial charge in [0.15, 0.2) is 0 Å². The van der Waals surface area contributed by atoms with Gasteiger partial charge in [0.2, 0.25) is 11.8 Å². The highest BCUT2D eigenvalue weighted by Crippen LogP contribution is 2.18. The Morgan fingerprint density at radius 1 is 1.25 bits per heavy atom. The van der Waals surface area contributed by atoms with Crippen LogP contribution in [-0.2, 0) is 9.53 Å². The molecule has 2 aliphatic heterocycles. The predicted octanol–water partition coefficient (Wildman–Crippen LogP) is 0.944. The number of amides is 2. The van der Waals surface area contributed by atoms with Crippen LogP contribution in [0.5, 0.6) is 5.88 Å². The van der Waals surface area contributed by atoms with Gasteiger partial charge in [-0.2, -0.15) is 0 Å². The number of pyridine rings is 1. The molecule has 0 aliphatic carbocycles. The van der Waals surface area contributed by atoms with Crippen LogP contribution in [0.4, 0.5) is 0 Å². The van der Waals surface area contributed by atoms with Gasteiger partial charge in [-0.1, -0.05) is 6.92 Å². The number of hydrogen-bond donors (Lipinski definition) is 0. The number of morpholine rings is 1. The van der Waals surface area contributed by atoms with Crippen LogP contribution in [0.2, 0.25) is 0 Å². The summed E-state index contributed by atoms with van der Waals surface area (Å²) >= 11 is 0. The number of nitrogens with zero attached hydrogens (tertiary/aromatic N) is 3. The Kier molecular flexibility index (Phi) is 5.30. The molecular weight excluding hydrogens is 310 g/mol. The molecule has 0 spiro atoms. The number of aromatic nitrogens is 1. The monoisotopic (exact) mass is 333 g/mol. The zero-order valence-electron chi connectivity index (χ0n) is 13.9. The van der Waals surface area contributed by atoms with E-state index in [-0.39, 0.29) is 17.9 Å². The Bertz CT molecular complexity index is 584.